The Labute approximate surface area is 137 Å². The third-order valence-corrected chi connectivity index (χ3v) is 3.20. The lowest BCUT2D eigenvalue weighted by atomic mass is 10.2. The van der Waals surface area contributed by atoms with Gasteiger partial charge in [0.05, 0.1) is 5.69 Å². The van der Waals surface area contributed by atoms with Crippen molar-refractivity contribution in [2.75, 3.05) is 10.6 Å². The van der Waals surface area contributed by atoms with Crippen LogP contribution in [0.25, 0.3) is 5.69 Å². The smallest absolute Gasteiger partial charge is 0.316 e. The lowest BCUT2D eigenvalue weighted by Gasteiger charge is -2.08. The van der Waals surface area contributed by atoms with Gasteiger partial charge < -0.3 is 16.4 Å². The van der Waals surface area contributed by atoms with Gasteiger partial charge in [0, 0.05) is 16.9 Å². The molecule has 0 aliphatic carbocycles. The number of anilines is 2. The van der Waals surface area contributed by atoms with E-state index >= 15 is 0 Å². The van der Waals surface area contributed by atoms with Gasteiger partial charge in [0.1, 0.15) is 12.7 Å². The number of nitrogens with zero attached hydrogens (tertiary/aromatic N) is 3. The van der Waals surface area contributed by atoms with Crippen molar-refractivity contribution >= 4 is 23.3 Å². The summed E-state index contributed by atoms with van der Waals surface area (Å²) in [5.41, 5.74) is 7.42. The molecule has 3 amide bonds. The van der Waals surface area contributed by atoms with Crippen LogP contribution in [0.4, 0.5) is 16.2 Å². The van der Waals surface area contributed by atoms with Crippen LogP contribution in [0.1, 0.15) is 10.4 Å². The highest BCUT2D eigenvalue weighted by atomic mass is 16.2. The number of hydrogen-bond acceptors (Lipinski definition) is 4. The van der Waals surface area contributed by atoms with Crippen LogP contribution in [0.5, 0.6) is 0 Å². The van der Waals surface area contributed by atoms with Crippen molar-refractivity contribution in [1.29, 1.82) is 0 Å². The Bertz CT molecular complexity index is 859. The number of nitrogens with one attached hydrogen (secondary N) is 2. The Balaban J connectivity index is 1.72. The molecule has 4 N–H and O–H groups in total. The molecule has 120 valence electrons. The molecule has 1 heterocycles. The van der Waals surface area contributed by atoms with Crippen molar-refractivity contribution in [1.82, 2.24) is 14.8 Å². The molecule has 8 nitrogen and oxygen atoms in total. The normalized spacial score (nSPS) is 10.2. The predicted octanol–water partition coefficient (Wildman–Crippen LogP) is 2.01. The number of primary amides is 1. The van der Waals surface area contributed by atoms with E-state index in [1.165, 1.54) is 6.33 Å². The van der Waals surface area contributed by atoms with Gasteiger partial charge in [0.2, 0.25) is 0 Å². The summed E-state index contributed by atoms with van der Waals surface area (Å²) in [4.78, 5) is 27.0. The van der Waals surface area contributed by atoms with E-state index in [0.29, 0.717) is 16.9 Å². The monoisotopic (exact) mass is 322 g/mol. The van der Waals surface area contributed by atoms with E-state index in [9.17, 15) is 9.59 Å². The summed E-state index contributed by atoms with van der Waals surface area (Å²) in [5, 5.41) is 9.24. The van der Waals surface area contributed by atoms with E-state index < -0.39 is 6.03 Å². The summed E-state index contributed by atoms with van der Waals surface area (Å²) in [7, 11) is 0. The molecule has 0 saturated heterocycles. The van der Waals surface area contributed by atoms with E-state index in [4.69, 9.17) is 5.73 Å². The lowest BCUT2D eigenvalue weighted by Crippen LogP contribution is -2.19. The van der Waals surface area contributed by atoms with Gasteiger partial charge in [-0.2, -0.15) is 5.10 Å². The lowest BCUT2D eigenvalue weighted by molar-refractivity contribution is 0.102. The minimum Gasteiger partial charge on any atom is -0.351 e. The Kier molecular flexibility index (Phi) is 4.19. The Hall–Kier alpha value is -3.68. The van der Waals surface area contributed by atoms with Gasteiger partial charge in [-0.15, -0.1) is 0 Å². The Morgan fingerprint density at radius 3 is 2.33 bits per heavy atom. The fourth-order valence-corrected chi connectivity index (χ4v) is 2.13. The largest absolute Gasteiger partial charge is 0.351 e. The van der Waals surface area contributed by atoms with Gasteiger partial charge in [-0.25, -0.2) is 14.5 Å². The van der Waals surface area contributed by atoms with Crippen LogP contribution < -0.4 is 16.4 Å². The van der Waals surface area contributed by atoms with Crippen LogP contribution in [0.15, 0.2) is 61.2 Å². The molecule has 0 saturated carbocycles. The van der Waals surface area contributed by atoms with Crippen LogP contribution >= 0.6 is 0 Å². The van der Waals surface area contributed by atoms with Crippen LogP contribution in [-0.2, 0) is 0 Å². The number of urea groups is 1. The number of aromatic nitrogens is 3. The van der Waals surface area contributed by atoms with Crippen molar-refractivity contribution in [3.8, 4) is 5.69 Å². The second-order valence-corrected chi connectivity index (χ2v) is 4.91. The second-order valence-electron chi connectivity index (χ2n) is 4.91. The zero-order chi connectivity index (χ0) is 16.9. The Morgan fingerprint density at radius 1 is 1.00 bits per heavy atom. The summed E-state index contributed by atoms with van der Waals surface area (Å²) >= 11 is 0. The van der Waals surface area contributed by atoms with Crippen molar-refractivity contribution in [3.05, 3.63) is 66.7 Å². The van der Waals surface area contributed by atoms with Crippen molar-refractivity contribution in [3.63, 3.8) is 0 Å². The van der Waals surface area contributed by atoms with Gasteiger partial charge >= 0.3 is 6.03 Å². The van der Waals surface area contributed by atoms with Gasteiger partial charge in [-0.05, 0) is 42.5 Å². The molecule has 0 spiro atoms. The first kappa shape index (κ1) is 15.2. The minimum atomic E-state index is -0.665. The predicted molar refractivity (Wildman–Crippen MR) is 89.0 cm³/mol. The van der Waals surface area contributed by atoms with Crippen molar-refractivity contribution in [2.45, 2.75) is 0 Å². The molecule has 0 unspecified atom stereocenters. The maximum Gasteiger partial charge on any atom is 0.316 e. The maximum absolute atomic E-state index is 12.3. The summed E-state index contributed by atoms with van der Waals surface area (Å²) in [5.74, 6) is -0.267. The van der Waals surface area contributed by atoms with Crippen LogP contribution in [-0.4, -0.2) is 26.7 Å². The average molecular weight is 322 g/mol. The molecule has 0 atom stereocenters. The zero-order valence-electron chi connectivity index (χ0n) is 12.5. The molecular weight excluding hydrogens is 308 g/mol. The third kappa shape index (κ3) is 3.55. The first-order valence-corrected chi connectivity index (χ1v) is 7.05. The maximum atomic E-state index is 12.3. The quantitative estimate of drug-likeness (QED) is 0.681. The highest BCUT2D eigenvalue weighted by molar-refractivity contribution is 6.04. The molecule has 3 aromatic rings. The summed E-state index contributed by atoms with van der Waals surface area (Å²) < 4.78 is 1.60. The van der Waals surface area contributed by atoms with Crippen molar-refractivity contribution < 1.29 is 9.59 Å². The fraction of sp³-hybridized carbons (Fsp3) is 0. The molecule has 0 bridgehead atoms. The second kappa shape index (κ2) is 6.61. The van der Waals surface area contributed by atoms with E-state index in [-0.39, 0.29) is 5.91 Å². The molecule has 0 fully saturated rings. The van der Waals surface area contributed by atoms with Gasteiger partial charge in [0.15, 0.2) is 0 Å². The summed E-state index contributed by atoms with van der Waals surface area (Å²) in [6, 6.07) is 13.0. The summed E-state index contributed by atoms with van der Waals surface area (Å²) in [6.45, 7) is 0. The SMILES string of the molecule is NC(=O)Nc1cccc(NC(=O)c2ccc(-n3cncn3)cc2)c1. The number of hydrogen-bond donors (Lipinski definition) is 3. The van der Waals surface area contributed by atoms with E-state index in [1.54, 1.807) is 59.5 Å². The summed E-state index contributed by atoms with van der Waals surface area (Å²) in [6.07, 6.45) is 3.01. The molecule has 2 aromatic carbocycles. The minimum absolute atomic E-state index is 0.267. The standard InChI is InChI=1S/C16H14N6O2/c17-16(24)21-13-3-1-2-12(8-13)20-15(23)11-4-6-14(7-5-11)22-10-18-9-19-22/h1-10H,(H,20,23)(H3,17,21,24). The van der Waals surface area contributed by atoms with Crippen molar-refractivity contribution in [2.24, 2.45) is 5.73 Å². The highest BCUT2D eigenvalue weighted by Gasteiger charge is 2.07. The molecule has 0 radical (unpaired) electrons. The van der Waals surface area contributed by atoms with Gasteiger partial charge in [0.25, 0.3) is 5.91 Å². The fourth-order valence-electron chi connectivity index (χ4n) is 2.13. The molecule has 8 heteroatoms. The molecular formula is C16H14N6O2. The molecule has 24 heavy (non-hydrogen) atoms. The van der Waals surface area contributed by atoms with Crippen LogP contribution in [0.3, 0.4) is 0 Å². The van der Waals surface area contributed by atoms with E-state index in [2.05, 4.69) is 20.7 Å². The number of carbonyl (C=O) groups excluding carboxylic acids is 2. The average Bonchev–Trinajstić information content (AvgIpc) is 3.09. The number of rotatable bonds is 4. The van der Waals surface area contributed by atoms with Crippen LogP contribution in [0.2, 0.25) is 0 Å². The third-order valence-electron chi connectivity index (χ3n) is 3.20. The van der Waals surface area contributed by atoms with Gasteiger partial charge in [-0.3, -0.25) is 4.79 Å². The van der Waals surface area contributed by atoms with Gasteiger partial charge in [-0.1, -0.05) is 6.07 Å². The Morgan fingerprint density at radius 2 is 1.71 bits per heavy atom. The number of benzene rings is 2. The van der Waals surface area contributed by atoms with Crippen LogP contribution in [0, 0.1) is 0 Å². The number of nitrogens with two attached hydrogens (primary N) is 1. The van der Waals surface area contributed by atoms with E-state index in [1.807, 2.05) is 0 Å². The molecule has 0 aliphatic rings. The zero-order valence-corrected chi connectivity index (χ0v) is 12.5. The molecule has 1 aromatic heterocycles. The van der Waals surface area contributed by atoms with E-state index in [0.717, 1.165) is 5.69 Å². The first-order chi connectivity index (χ1) is 11.6. The first-order valence-electron chi connectivity index (χ1n) is 7.05. The highest BCUT2D eigenvalue weighted by Crippen LogP contribution is 2.16. The topological polar surface area (TPSA) is 115 Å². The number of amides is 3. The molecule has 3 rings (SSSR count). The molecule has 0 aliphatic heterocycles. The number of carbonyl (C=O) groups is 2.